The molecule has 158 valence electrons. The second-order valence-corrected chi connectivity index (χ2v) is 6.35. The normalized spacial score (nSPS) is 12.3. The summed E-state index contributed by atoms with van der Waals surface area (Å²) in [7, 11) is 0. The quantitative estimate of drug-likeness (QED) is 0.361. The van der Waals surface area contributed by atoms with Crippen molar-refractivity contribution >= 4 is 23.2 Å². The highest BCUT2D eigenvalue weighted by Crippen LogP contribution is 2.37. The van der Waals surface area contributed by atoms with E-state index < -0.39 is 40.6 Å². The van der Waals surface area contributed by atoms with Crippen LogP contribution in [0.1, 0.15) is 16.7 Å². The minimum absolute atomic E-state index is 0.0246. The van der Waals surface area contributed by atoms with Gasteiger partial charge in [0.15, 0.2) is 0 Å². The summed E-state index contributed by atoms with van der Waals surface area (Å²) in [4.78, 5) is 12.1. The molecule has 1 amide bonds. The largest absolute Gasteiger partial charge is 0.416 e. The lowest BCUT2D eigenvalue weighted by molar-refractivity contribution is -0.143. The fourth-order valence-electron chi connectivity index (χ4n) is 2.22. The van der Waals surface area contributed by atoms with E-state index in [0.717, 1.165) is 6.20 Å². The van der Waals surface area contributed by atoms with Crippen LogP contribution in [0.3, 0.4) is 0 Å². The first-order valence-corrected chi connectivity index (χ1v) is 8.47. The first kappa shape index (κ1) is 23.1. The minimum atomic E-state index is -5.02. The molecule has 2 N–H and O–H groups in total. The second kappa shape index (κ2) is 9.09. The number of amides is 1. The van der Waals surface area contributed by atoms with E-state index in [2.05, 4.69) is 10.6 Å². The predicted molar refractivity (Wildman–Crippen MR) is 97.1 cm³/mol. The van der Waals surface area contributed by atoms with Crippen molar-refractivity contribution in [2.45, 2.75) is 18.9 Å². The molecule has 0 atom stereocenters. The smallest absolute Gasteiger partial charge is 0.360 e. The Kier molecular flexibility index (Phi) is 7.00. The highest BCUT2D eigenvalue weighted by Gasteiger charge is 2.36. The van der Waals surface area contributed by atoms with E-state index in [0.29, 0.717) is 22.7 Å². The van der Waals surface area contributed by atoms with Gasteiger partial charge in [-0.3, -0.25) is 4.79 Å². The Hall–Kier alpha value is -3.19. The van der Waals surface area contributed by atoms with Crippen LogP contribution in [-0.4, -0.2) is 5.91 Å². The molecule has 2 aromatic carbocycles. The number of hydrogen-bond donors (Lipinski definition) is 2. The Morgan fingerprint density at radius 3 is 2.00 bits per heavy atom. The standard InChI is InChI=1S/C19H12ClF6N3O/c20-15-3-1-11(2-4-15)9-29-17(30)12(8-27)10-28-16-6-13(18(21,22)23)5-14(7-16)19(24,25)26/h1-7,10,28H,9H2,(H,29,30)/b12-10-. The van der Waals surface area contributed by atoms with Crippen molar-refractivity contribution < 1.29 is 31.1 Å². The van der Waals surface area contributed by atoms with Crippen LogP contribution in [0.25, 0.3) is 0 Å². The third-order valence-corrected chi connectivity index (χ3v) is 3.95. The molecule has 0 aliphatic heterocycles. The van der Waals surface area contributed by atoms with E-state index >= 15 is 0 Å². The van der Waals surface area contributed by atoms with Crippen molar-refractivity contribution in [2.75, 3.05) is 5.32 Å². The summed E-state index contributed by atoms with van der Waals surface area (Å²) in [6, 6.07) is 8.78. The summed E-state index contributed by atoms with van der Waals surface area (Å²) in [5.74, 6) is -0.872. The molecule has 0 saturated carbocycles. The Morgan fingerprint density at radius 1 is 1.00 bits per heavy atom. The zero-order valence-electron chi connectivity index (χ0n) is 14.8. The van der Waals surface area contributed by atoms with Gasteiger partial charge in [-0.25, -0.2) is 0 Å². The minimum Gasteiger partial charge on any atom is -0.360 e. The van der Waals surface area contributed by atoms with Gasteiger partial charge in [-0.2, -0.15) is 31.6 Å². The summed E-state index contributed by atoms with van der Waals surface area (Å²) in [5, 5.41) is 14.1. The van der Waals surface area contributed by atoms with Crippen molar-refractivity contribution in [2.24, 2.45) is 0 Å². The van der Waals surface area contributed by atoms with Crippen LogP contribution in [0.5, 0.6) is 0 Å². The summed E-state index contributed by atoms with van der Waals surface area (Å²) < 4.78 is 77.3. The molecule has 0 heterocycles. The fourth-order valence-corrected chi connectivity index (χ4v) is 2.35. The summed E-state index contributed by atoms with van der Waals surface area (Å²) in [5.41, 5.74) is -3.53. The van der Waals surface area contributed by atoms with Crippen molar-refractivity contribution in [3.8, 4) is 6.07 Å². The van der Waals surface area contributed by atoms with Crippen LogP contribution in [0.4, 0.5) is 32.0 Å². The van der Waals surface area contributed by atoms with Crippen LogP contribution < -0.4 is 10.6 Å². The van der Waals surface area contributed by atoms with Gasteiger partial charge in [0.1, 0.15) is 11.6 Å². The third-order valence-electron chi connectivity index (χ3n) is 3.70. The summed E-state index contributed by atoms with van der Waals surface area (Å²) in [6.45, 7) is 0.0246. The Bertz CT molecular complexity index is 959. The number of rotatable bonds is 5. The predicted octanol–water partition coefficient (Wildman–Crippen LogP) is 5.51. The summed E-state index contributed by atoms with van der Waals surface area (Å²) >= 11 is 5.74. The second-order valence-electron chi connectivity index (χ2n) is 5.92. The molecule has 4 nitrogen and oxygen atoms in total. The van der Waals surface area contributed by atoms with Crippen LogP contribution in [0.15, 0.2) is 54.2 Å². The molecule has 30 heavy (non-hydrogen) atoms. The van der Waals surface area contributed by atoms with Gasteiger partial charge in [-0.05, 0) is 35.9 Å². The maximum atomic E-state index is 12.9. The zero-order valence-corrected chi connectivity index (χ0v) is 15.6. The molecule has 0 aliphatic carbocycles. The van der Waals surface area contributed by atoms with Crippen molar-refractivity contribution in [3.05, 3.63) is 76.0 Å². The van der Waals surface area contributed by atoms with Crippen LogP contribution in [0.2, 0.25) is 5.02 Å². The molecule has 2 aromatic rings. The number of nitrogens with one attached hydrogen (secondary N) is 2. The molecule has 0 aliphatic rings. The number of halogens is 7. The Labute approximate surface area is 171 Å². The number of anilines is 1. The lowest BCUT2D eigenvalue weighted by atomic mass is 10.1. The Balaban J connectivity index is 2.19. The SMILES string of the molecule is N#C/C(=C/Nc1cc(C(F)(F)F)cc(C(F)(F)F)c1)C(=O)NCc1ccc(Cl)cc1. The van der Waals surface area contributed by atoms with Gasteiger partial charge < -0.3 is 10.6 Å². The van der Waals surface area contributed by atoms with Gasteiger partial charge in [0, 0.05) is 23.5 Å². The molecular formula is C19H12ClF6N3O. The van der Waals surface area contributed by atoms with E-state index in [-0.39, 0.29) is 12.6 Å². The zero-order chi connectivity index (χ0) is 22.5. The lowest BCUT2D eigenvalue weighted by Gasteiger charge is -2.14. The monoisotopic (exact) mass is 447 g/mol. The molecule has 0 saturated heterocycles. The molecule has 0 unspecified atom stereocenters. The van der Waals surface area contributed by atoms with E-state index in [1.165, 1.54) is 6.07 Å². The van der Waals surface area contributed by atoms with E-state index in [9.17, 15) is 31.1 Å². The van der Waals surface area contributed by atoms with Crippen molar-refractivity contribution in [3.63, 3.8) is 0 Å². The number of nitriles is 1. The maximum Gasteiger partial charge on any atom is 0.416 e. The topological polar surface area (TPSA) is 64.9 Å². The number of benzene rings is 2. The molecule has 11 heteroatoms. The number of hydrogen-bond acceptors (Lipinski definition) is 3. The van der Waals surface area contributed by atoms with Gasteiger partial charge in [0.25, 0.3) is 5.91 Å². The van der Waals surface area contributed by atoms with Crippen molar-refractivity contribution in [1.82, 2.24) is 5.32 Å². The molecule has 0 radical (unpaired) electrons. The average molecular weight is 448 g/mol. The molecule has 0 fully saturated rings. The highest BCUT2D eigenvalue weighted by atomic mass is 35.5. The lowest BCUT2D eigenvalue weighted by Crippen LogP contribution is -2.24. The van der Waals surface area contributed by atoms with Crippen LogP contribution >= 0.6 is 11.6 Å². The van der Waals surface area contributed by atoms with Crippen molar-refractivity contribution in [1.29, 1.82) is 5.26 Å². The van der Waals surface area contributed by atoms with E-state index in [1.54, 1.807) is 24.3 Å². The van der Waals surface area contributed by atoms with Gasteiger partial charge >= 0.3 is 12.4 Å². The van der Waals surface area contributed by atoms with Crippen LogP contribution in [0, 0.1) is 11.3 Å². The van der Waals surface area contributed by atoms with Gasteiger partial charge in [-0.1, -0.05) is 23.7 Å². The van der Waals surface area contributed by atoms with Gasteiger partial charge in [-0.15, -0.1) is 0 Å². The molecule has 0 spiro atoms. The van der Waals surface area contributed by atoms with E-state index in [4.69, 9.17) is 16.9 Å². The highest BCUT2D eigenvalue weighted by molar-refractivity contribution is 6.30. The number of alkyl halides is 6. The Morgan fingerprint density at radius 2 is 1.53 bits per heavy atom. The number of carbonyl (C=O) groups is 1. The fraction of sp³-hybridized carbons (Fsp3) is 0.158. The van der Waals surface area contributed by atoms with Crippen LogP contribution in [-0.2, 0) is 23.7 Å². The summed E-state index contributed by atoms with van der Waals surface area (Å²) in [6.07, 6.45) is -9.31. The molecule has 2 rings (SSSR count). The first-order chi connectivity index (χ1) is 13.9. The maximum absolute atomic E-state index is 12.9. The van der Waals surface area contributed by atoms with Gasteiger partial charge in [0.05, 0.1) is 11.1 Å². The number of carbonyl (C=O) groups excluding carboxylic acids is 1. The molecule has 0 bridgehead atoms. The third kappa shape index (κ3) is 6.42. The first-order valence-electron chi connectivity index (χ1n) is 8.09. The van der Waals surface area contributed by atoms with E-state index in [1.807, 2.05) is 0 Å². The van der Waals surface area contributed by atoms with Gasteiger partial charge in [0.2, 0.25) is 0 Å². The molecule has 0 aromatic heterocycles. The average Bonchev–Trinajstić information content (AvgIpc) is 2.66. The molecular weight excluding hydrogens is 436 g/mol. The number of nitrogens with zero attached hydrogens (tertiary/aromatic N) is 1.